The molecule has 1 amide bonds. The van der Waals surface area contributed by atoms with Gasteiger partial charge in [-0.2, -0.15) is 0 Å². The number of hydrogen-bond acceptors (Lipinski definition) is 5. The van der Waals surface area contributed by atoms with Crippen LogP contribution in [0.15, 0.2) is 23.8 Å². The zero-order valence-corrected chi connectivity index (χ0v) is 31.7. The molecule has 0 aromatic carbocycles. The fourth-order valence-corrected chi connectivity index (χ4v) is 9.86. The predicted octanol–water partition coefficient (Wildman–Crippen LogP) is 8.80. The van der Waals surface area contributed by atoms with Gasteiger partial charge in [-0.05, 0) is 108 Å². The van der Waals surface area contributed by atoms with E-state index in [0.717, 1.165) is 44.9 Å². The Kier molecular flexibility index (Phi) is 14.0. The first-order chi connectivity index (χ1) is 20.5. The van der Waals surface area contributed by atoms with E-state index in [0.29, 0.717) is 30.2 Å². The molecule has 3 aliphatic rings. The van der Waals surface area contributed by atoms with Crippen LogP contribution < -0.4 is 5.32 Å². The highest BCUT2D eigenvalue weighted by Gasteiger charge is 2.42. The summed E-state index contributed by atoms with van der Waals surface area (Å²) >= 11 is 0. The molecule has 8 heteroatoms. The minimum Gasteiger partial charge on any atom is -0.461 e. The van der Waals surface area contributed by atoms with Crippen LogP contribution in [0, 0.1) is 29.6 Å². The number of esters is 1. The second-order valence-electron chi connectivity index (χ2n) is 16.2. The Morgan fingerprint density at radius 1 is 0.977 bits per heavy atom. The van der Waals surface area contributed by atoms with Crippen LogP contribution in [0.1, 0.15) is 98.3 Å². The van der Waals surface area contributed by atoms with Gasteiger partial charge in [-0.3, -0.25) is 9.59 Å². The molecule has 0 aromatic rings. The highest BCUT2D eigenvalue weighted by atomic mass is 28.4. The number of allylic oxidation sites excluding steroid dienone is 3. The molecule has 1 fully saturated rings. The van der Waals surface area contributed by atoms with Crippen molar-refractivity contribution in [2.24, 2.45) is 29.6 Å². The first kappa shape index (κ1) is 37.2. The third-order valence-corrected chi connectivity index (χ3v) is 11.7. The van der Waals surface area contributed by atoms with Crippen molar-refractivity contribution in [3.63, 3.8) is 0 Å². The number of nitrogens with one attached hydrogen (secondary N) is 1. The maximum atomic E-state index is 13.2. The minimum atomic E-state index is -1.89. The Bertz CT molecular complexity index is 993. The van der Waals surface area contributed by atoms with Gasteiger partial charge in [0.15, 0.2) is 16.6 Å². The Labute approximate surface area is 271 Å². The van der Waals surface area contributed by atoms with Gasteiger partial charge in [0.2, 0.25) is 5.91 Å². The molecule has 252 valence electrons. The summed E-state index contributed by atoms with van der Waals surface area (Å²) in [6.45, 7) is 22.0. The van der Waals surface area contributed by atoms with Gasteiger partial charge in [-0.15, -0.1) is 0 Å². The Hall–Kier alpha value is -1.23. The average Bonchev–Trinajstić information content (AvgIpc) is 2.90. The van der Waals surface area contributed by atoms with Gasteiger partial charge in [0.05, 0.1) is 18.4 Å². The molecule has 44 heavy (non-hydrogen) atoms. The van der Waals surface area contributed by atoms with Crippen LogP contribution in [-0.4, -0.2) is 52.9 Å². The fraction of sp³-hybridized carbons (Fsp3) is 0.833. The Balaban J connectivity index is 1.77. The van der Waals surface area contributed by atoms with Gasteiger partial charge in [-0.25, -0.2) is 0 Å². The molecule has 0 unspecified atom stereocenters. The van der Waals surface area contributed by atoms with Gasteiger partial charge in [0, 0.05) is 18.1 Å². The summed E-state index contributed by atoms with van der Waals surface area (Å²) in [6, 6.07) is 0.307. The smallest absolute Gasteiger partial charge is 0.308 e. The highest BCUT2D eigenvalue weighted by molar-refractivity contribution is 6.70. The SMILES string of the molecule is CC[C@H](C)C(=O)O[C@H]1C[C@@H](C)C=C2C=C[C@H](C)[C@H](CC[C@H](C[C@@H](CC(=O)NC3CCCCC3)O[Si](C)(C)C)O[Si](C)(C)C)[C@H]21. The second-order valence-corrected chi connectivity index (χ2v) is 25.1. The third kappa shape index (κ3) is 12.2. The number of fused-ring (bicyclic) bond motifs is 1. The molecule has 0 spiro atoms. The maximum Gasteiger partial charge on any atom is 0.308 e. The zero-order valence-electron chi connectivity index (χ0n) is 29.7. The van der Waals surface area contributed by atoms with Gasteiger partial charge in [-0.1, -0.05) is 65.2 Å². The monoisotopic (exact) mass is 647 g/mol. The van der Waals surface area contributed by atoms with Crippen LogP contribution in [0.2, 0.25) is 39.3 Å². The molecule has 0 aromatic heterocycles. The number of carbonyl (C=O) groups is 2. The lowest BCUT2D eigenvalue weighted by molar-refractivity contribution is -0.158. The molecule has 8 atom stereocenters. The summed E-state index contributed by atoms with van der Waals surface area (Å²) in [5, 5.41) is 3.32. The summed E-state index contributed by atoms with van der Waals surface area (Å²) in [6.07, 6.45) is 17.4. The number of amides is 1. The summed E-state index contributed by atoms with van der Waals surface area (Å²) in [7, 11) is -3.75. The lowest BCUT2D eigenvalue weighted by atomic mass is 9.65. The topological polar surface area (TPSA) is 73.9 Å². The van der Waals surface area contributed by atoms with Crippen LogP contribution in [-0.2, 0) is 23.2 Å². The van der Waals surface area contributed by atoms with Crippen molar-refractivity contribution < 1.29 is 23.2 Å². The van der Waals surface area contributed by atoms with Crippen molar-refractivity contribution >= 4 is 28.5 Å². The van der Waals surface area contributed by atoms with Crippen molar-refractivity contribution in [2.75, 3.05) is 0 Å². The van der Waals surface area contributed by atoms with Crippen LogP contribution in [0.3, 0.4) is 0 Å². The van der Waals surface area contributed by atoms with E-state index in [4.69, 9.17) is 13.6 Å². The summed E-state index contributed by atoms with van der Waals surface area (Å²) < 4.78 is 19.8. The second kappa shape index (κ2) is 16.6. The van der Waals surface area contributed by atoms with E-state index in [1.54, 1.807) is 0 Å². The van der Waals surface area contributed by atoms with E-state index in [9.17, 15) is 9.59 Å². The largest absolute Gasteiger partial charge is 0.461 e. The fourth-order valence-electron chi connectivity index (χ4n) is 7.46. The van der Waals surface area contributed by atoms with Crippen LogP contribution in [0.25, 0.3) is 0 Å². The molecule has 1 N–H and O–H groups in total. The minimum absolute atomic E-state index is 0.0275. The van der Waals surface area contributed by atoms with E-state index in [1.165, 1.54) is 24.8 Å². The quantitative estimate of drug-likeness (QED) is 0.142. The molecule has 0 heterocycles. The molecule has 6 nitrogen and oxygen atoms in total. The molecule has 0 bridgehead atoms. The molecule has 0 saturated heterocycles. The number of carbonyl (C=O) groups excluding carboxylic acids is 2. The Morgan fingerprint density at radius 2 is 1.61 bits per heavy atom. The average molecular weight is 648 g/mol. The molecule has 0 aliphatic heterocycles. The van der Waals surface area contributed by atoms with Crippen molar-refractivity contribution in [2.45, 2.75) is 162 Å². The van der Waals surface area contributed by atoms with Gasteiger partial charge < -0.3 is 18.9 Å². The first-order valence-electron chi connectivity index (χ1n) is 17.8. The number of ether oxygens (including phenoxy) is 1. The van der Waals surface area contributed by atoms with Crippen molar-refractivity contribution in [1.82, 2.24) is 5.32 Å². The van der Waals surface area contributed by atoms with E-state index in [1.807, 2.05) is 13.8 Å². The molecule has 0 radical (unpaired) electrons. The van der Waals surface area contributed by atoms with Crippen LogP contribution in [0.4, 0.5) is 0 Å². The summed E-state index contributed by atoms with van der Waals surface area (Å²) in [5.74, 6) is 1.33. The van der Waals surface area contributed by atoms with Crippen molar-refractivity contribution in [3.8, 4) is 0 Å². The standard InChI is InChI=1S/C36H65NO5Si2/c1-11-26(3)36(39)40-33-22-25(2)21-28-18-17-27(4)32(35(28)33)20-19-30(41-43(5,6)7)23-31(42-44(8,9)10)24-34(38)37-29-15-13-12-14-16-29/h17-18,21,25-27,29-33,35H,11-16,19-20,22-24H2,1-10H3,(H,37,38)/t25-,26-,27-,30+,31-,32-,33-,35-/m0/s1. The summed E-state index contributed by atoms with van der Waals surface area (Å²) in [5.41, 5.74) is 1.33. The molecular weight excluding hydrogens is 583 g/mol. The molecular formula is C36H65NO5Si2. The van der Waals surface area contributed by atoms with Gasteiger partial charge >= 0.3 is 5.97 Å². The van der Waals surface area contributed by atoms with Crippen LogP contribution >= 0.6 is 0 Å². The summed E-state index contributed by atoms with van der Waals surface area (Å²) in [4.78, 5) is 26.2. The normalized spacial score (nSPS) is 28.4. The number of hydrogen-bond donors (Lipinski definition) is 1. The maximum absolute atomic E-state index is 13.2. The van der Waals surface area contributed by atoms with E-state index >= 15 is 0 Å². The third-order valence-electron chi connectivity index (χ3n) is 9.65. The first-order valence-corrected chi connectivity index (χ1v) is 24.6. The van der Waals surface area contributed by atoms with Gasteiger partial charge in [0.1, 0.15) is 6.10 Å². The van der Waals surface area contributed by atoms with E-state index in [2.05, 4.69) is 76.7 Å². The highest BCUT2D eigenvalue weighted by Crippen LogP contribution is 2.45. The lowest BCUT2D eigenvalue weighted by Gasteiger charge is -2.43. The Morgan fingerprint density at radius 3 is 2.23 bits per heavy atom. The van der Waals surface area contributed by atoms with Crippen molar-refractivity contribution in [1.29, 1.82) is 0 Å². The molecule has 3 aliphatic carbocycles. The lowest BCUT2D eigenvalue weighted by Crippen LogP contribution is -2.43. The molecule has 1 saturated carbocycles. The van der Waals surface area contributed by atoms with Crippen molar-refractivity contribution in [3.05, 3.63) is 23.8 Å². The predicted molar refractivity (Wildman–Crippen MR) is 186 cm³/mol. The molecule has 3 rings (SSSR count). The van der Waals surface area contributed by atoms with Gasteiger partial charge in [0.25, 0.3) is 0 Å². The van der Waals surface area contributed by atoms with E-state index < -0.39 is 16.6 Å². The van der Waals surface area contributed by atoms with E-state index in [-0.39, 0.29) is 42.0 Å². The van der Waals surface area contributed by atoms with Crippen LogP contribution in [0.5, 0.6) is 0 Å². The number of rotatable bonds is 15. The zero-order chi connectivity index (χ0) is 32.7.